The molecule has 0 aromatic carbocycles. The Bertz CT molecular complexity index is 457. The zero-order valence-corrected chi connectivity index (χ0v) is 11.8. The average molecular weight is 263 g/mol. The summed E-state index contributed by atoms with van der Waals surface area (Å²) >= 11 is 0. The van der Waals surface area contributed by atoms with Crippen LogP contribution in [0, 0.1) is 0 Å². The maximum absolute atomic E-state index is 14.2. The van der Waals surface area contributed by atoms with Gasteiger partial charge in [0.25, 0.3) is 0 Å². The predicted molar refractivity (Wildman–Crippen MR) is 75.3 cm³/mol. The molecule has 2 aliphatic carbocycles. The van der Waals surface area contributed by atoms with Crippen LogP contribution >= 0.6 is 0 Å². The highest BCUT2D eigenvalue weighted by Gasteiger charge is 2.21. The molecule has 0 saturated carbocycles. The highest BCUT2D eigenvalue weighted by molar-refractivity contribution is 5.93. The maximum Gasteiger partial charge on any atom is 0.249 e. The molecule has 0 aromatic heterocycles. The largest absolute Gasteiger partial charge is 0.345 e. The van der Waals surface area contributed by atoms with Crippen LogP contribution < -0.4 is 0 Å². The molecule has 0 fully saturated rings. The summed E-state index contributed by atoms with van der Waals surface area (Å²) in [6, 6.07) is 0. The van der Waals surface area contributed by atoms with Crippen molar-refractivity contribution in [3.8, 4) is 0 Å². The molecular weight excluding hydrogens is 241 g/mol. The van der Waals surface area contributed by atoms with Gasteiger partial charge >= 0.3 is 0 Å². The van der Waals surface area contributed by atoms with Crippen molar-refractivity contribution in [1.82, 2.24) is 4.90 Å². The molecule has 0 spiro atoms. The molecule has 2 aliphatic rings. The first-order chi connectivity index (χ1) is 9.09. The number of hydrogen-bond acceptors (Lipinski definition) is 1. The third kappa shape index (κ3) is 3.34. The van der Waals surface area contributed by atoms with Crippen LogP contribution in [0.25, 0.3) is 0 Å². The molecule has 0 aromatic rings. The van der Waals surface area contributed by atoms with E-state index in [1.165, 1.54) is 29.4 Å². The van der Waals surface area contributed by atoms with Gasteiger partial charge in [-0.15, -0.1) is 0 Å². The van der Waals surface area contributed by atoms with Crippen molar-refractivity contribution in [2.24, 2.45) is 0 Å². The second kappa shape index (κ2) is 6.18. The summed E-state index contributed by atoms with van der Waals surface area (Å²) in [4.78, 5) is 13.3. The van der Waals surface area contributed by atoms with Crippen LogP contribution in [0.3, 0.4) is 0 Å². The van der Waals surface area contributed by atoms with E-state index in [0.29, 0.717) is 18.4 Å². The number of halogens is 1. The first-order valence-corrected chi connectivity index (χ1v) is 7.10. The van der Waals surface area contributed by atoms with Gasteiger partial charge in [-0.25, -0.2) is 4.39 Å². The van der Waals surface area contributed by atoms with Crippen LogP contribution in [-0.4, -0.2) is 24.9 Å². The monoisotopic (exact) mass is 263 g/mol. The van der Waals surface area contributed by atoms with E-state index in [4.69, 9.17) is 0 Å². The van der Waals surface area contributed by atoms with E-state index in [-0.39, 0.29) is 11.7 Å². The average Bonchev–Trinajstić information content (AvgIpc) is 2.66. The second-order valence-corrected chi connectivity index (χ2v) is 5.52. The Labute approximate surface area is 114 Å². The standard InChI is InChI=1S/C16H22FNO/c1-18(2)16(19)13-9-10-14(15(17)11-13)12-7-5-3-4-6-8-12/h7,11H,3-6,8-10H2,1-2H3. The molecule has 0 unspecified atom stereocenters. The Morgan fingerprint density at radius 3 is 2.63 bits per heavy atom. The minimum absolute atomic E-state index is 0.0796. The zero-order valence-electron chi connectivity index (χ0n) is 11.8. The van der Waals surface area contributed by atoms with E-state index < -0.39 is 0 Å². The molecule has 3 heteroatoms. The Morgan fingerprint density at radius 2 is 1.95 bits per heavy atom. The van der Waals surface area contributed by atoms with Crippen molar-refractivity contribution in [1.29, 1.82) is 0 Å². The van der Waals surface area contributed by atoms with Gasteiger partial charge < -0.3 is 4.90 Å². The number of allylic oxidation sites excluding steroid dienone is 5. The van der Waals surface area contributed by atoms with Gasteiger partial charge in [-0.1, -0.05) is 12.5 Å². The lowest BCUT2D eigenvalue weighted by Crippen LogP contribution is -2.24. The summed E-state index contributed by atoms with van der Waals surface area (Å²) in [7, 11) is 3.41. The maximum atomic E-state index is 14.2. The number of rotatable bonds is 2. The number of nitrogens with zero attached hydrogens (tertiary/aromatic N) is 1. The molecule has 2 rings (SSSR count). The van der Waals surface area contributed by atoms with Gasteiger partial charge in [-0.3, -0.25) is 4.79 Å². The molecule has 0 heterocycles. The van der Waals surface area contributed by atoms with Crippen molar-refractivity contribution >= 4 is 5.91 Å². The smallest absolute Gasteiger partial charge is 0.249 e. The first kappa shape index (κ1) is 14.0. The fourth-order valence-corrected chi connectivity index (χ4v) is 2.75. The number of hydrogen-bond donors (Lipinski definition) is 0. The lowest BCUT2D eigenvalue weighted by atomic mass is 9.90. The van der Waals surface area contributed by atoms with Gasteiger partial charge in [0.1, 0.15) is 5.83 Å². The fraction of sp³-hybridized carbons (Fsp3) is 0.562. The number of carbonyl (C=O) groups excluding carboxylic acids is 1. The highest BCUT2D eigenvalue weighted by atomic mass is 19.1. The predicted octanol–water partition coefficient (Wildman–Crippen LogP) is 3.91. The molecule has 1 amide bonds. The summed E-state index contributed by atoms with van der Waals surface area (Å²) in [6.45, 7) is 0. The van der Waals surface area contributed by atoms with Gasteiger partial charge in [0.2, 0.25) is 5.91 Å². The van der Waals surface area contributed by atoms with Gasteiger partial charge in [0.05, 0.1) is 0 Å². The SMILES string of the molecule is CN(C)C(=O)C1=CC(F)=C(C2=CCCCCC2)CC1. The molecule has 0 saturated heterocycles. The lowest BCUT2D eigenvalue weighted by Gasteiger charge is -2.20. The molecule has 0 bridgehead atoms. The second-order valence-electron chi connectivity index (χ2n) is 5.52. The summed E-state index contributed by atoms with van der Waals surface area (Å²) < 4.78 is 14.2. The molecule has 19 heavy (non-hydrogen) atoms. The van der Waals surface area contributed by atoms with Crippen LogP contribution in [0.15, 0.2) is 34.7 Å². The van der Waals surface area contributed by atoms with E-state index in [2.05, 4.69) is 6.08 Å². The van der Waals surface area contributed by atoms with E-state index in [1.54, 1.807) is 14.1 Å². The third-order valence-electron chi connectivity index (χ3n) is 3.84. The Hall–Kier alpha value is -1.38. The molecule has 0 N–H and O–H groups in total. The summed E-state index contributed by atoms with van der Waals surface area (Å²) in [5.74, 6) is -0.284. The fourth-order valence-electron chi connectivity index (χ4n) is 2.75. The van der Waals surface area contributed by atoms with E-state index in [9.17, 15) is 9.18 Å². The Kier molecular flexibility index (Phi) is 4.56. The van der Waals surface area contributed by atoms with Crippen molar-refractivity contribution < 1.29 is 9.18 Å². The van der Waals surface area contributed by atoms with Gasteiger partial charge in [0.15, 0.2) is 0 Å². The van der Waals surface area contributed by atoms with Crippen LogP contribution in [0.2, 0.25) is 0 Å². The van der Waals surface area contributed by atoms with Crippen LogP contribution in [-0.2, 0) is 4.79 Å². The van der Waals surface area contributed by atoms with Crippen molar-refractivity contribution in [2.75, 3.05) is 14.1 Å². The van der Waals surface area contributed by atoms with Crippen molar-refractivity contribution in [3.05, 3.63) is 34.7 Å². The van der Waals surface area contributed by atoms with Crippen LogP contribution in [0.1, 0.15) is 44.9 Å². The molecule has 104 valence electrons. The number of amides is 1. The molecule has 0 radical (unpaired) electrons. The molecule has 0 atom stereocenters. The summed E-state index contributed by atoms with van der Waals surface area (Å²) in [6.07, 6.45) is 10.6. The number of likely N-dealkylation sites (N-methyl/N-ethyl adjacent to an activating group) is 1. The highest BCUT2D eigenvalue weighted by Crippen LogP contribution is 2.34. The van der Waals surface area contributed by atoms with Gasteiger partial charge in [-0.05, 0) is 55.7 Å². The summed E-state index contributed by atoms with van der Waals surface area (Å²) in [5.41, 5.74) is 2.58. The quantitative estimate of drug-likeness (QED) is 0.739. The minimum atomic E-state index is -0.204. The van der Waals surface area contributed by atoms with E-state index in [1.807, 2.05) is 0 Å². The molecule has 2 nitrogen and oxygen atoms in total. The van der Waals surface area contributed by atoms with E-state index >= 15 is 0 Å². The Balaban J connectivity index is 2.21. The number of carbonyl (C=O) groups is 1. The van der Waals surface area contributed by atoms with Gasteiger partial charge in [-0.2, -0.15) is 0 Å². The van der Waals surface area contributed by atoms with Crippen LogP contribution in [0.4, 0.5) is 4.39 Å². The van der Waals surface area contributed by atoms with Crippen molar-refractivity contribution in [3.63, 3.8) is 0 Å². The normalized spacial score (nSPS) is 20.6. The van der Waals surface area contributed by atoms with Crippen LogP contribution in [0.5, 0.6) is 0 Å². The first-order valence-electron chi connectivity index (χ1n) is 7.10. The van der Waals surface area contributed by atoms with Crippen molar-refractivity contribution in [2.45, 2.75) is 44.9 Å². The molecule has 0 aliphatic heterocycles. The lowest BCUT2D eigenvalue weighted by molar-refractivity contribution is -0.124. The minimum Gasteiger partial charge on any atom is -0.345 e. The van der Waals surface area contributed by atoms with Gasteiger partial charge in [0, 0.05) is 19.7 Å². The molecular formula is C16H22FNO. The third-order valence-corrected chi connectivity index (χ3v) is 3.84. The summed E-state index contributed by atoms with van der Waals surface area (Å²) in [5, 5.41) is 0. The zero-order chi connectivity index (χ0) is 13.8. The van der Waals surface area contributed by atoms with E-state index in [0.717, 1.165) is 24.8 Å². The Morgan fingerprint density at radius 1 is 1.16 bits per heavy atom. The topological polar surface area (TPSA) is 20.3 Å².